The van der Waals surface area contributed by atoms with Gasteiger partial charge < -0.3 is 5.32 Å². The van der Waals surface area contributed by atoms with Crippen LogP contribution in [0.1, 0.15) is 19.7 Å². The fraction of sp³-hybridized carbons (Fsp3) is 0.235. The first kappa shape index (κ1) is 13.5. The number of anilines is 1. The van der Waals surface area contributed by atoms with E-state index >= 15 is 0 Å². The van der Waals surface area contributed by atoms with Crippen LogP contribution in [-0.2, 0) is 6.42 Å². The molecule has 106 valence electrons. The number of pyridine rings is 1. The minimum absolute atomic E-state index is 0.813. The summed E-state index contributed by atoms with van der Waals surface area (Å²) >= 11 is 0. The summed E-state index contributed by atoms with van der Waals surface area (Å²) < 4.78 is 0. The number of fused-ring (bicyclic) bond motifs is 1. The van der Waals surface area contributed by atoms with Gasteiger partial charge in [-0.25, -0.2) is 9.97 Å². The molecular formula is C17H18N4. The van der Waals surface area contributed by atoms with Crippen molar-refractivity contribution in [1.82, 2.24) is 15.0 Å². The molecule has 0 saturated carbocycles. The Morgan fingerprint density at radius 1 is 1.05 bits per heavy atom. The summed E-state index contributed by atoms with van der Waals surface area (Å²) in [6, 6.07) is 12.2. The van der Waals surface area contributed by atoms with Crippen molar-refractivity contribution in [2.75, 3.05) is 11.9 Å². The van der Waals surface area contributed by atoms with Crippen LogP contribution in [0.2, 0.25) is 0 Å². The molecule has 0 aliphatic rings. The highest BCUT2D eigenvalue weighted by Crippen LogP contribution is 2.23. The van der Waals surface area contributed by atoms with E-state index in [9.17, 15) is 0 Å². The maximum atomic E-state index is 4.62. The van der Waals surface area contributed by atoms with Crippen LogP contribution in [-0.4, -0.2) is 21.5 Å². The Kier molecular flexibility index (Phi) is 3.77. The van der Waals surface area contributed by atoms with Gasteiger partial charge in [0.25, 0.3) is 0 Å². The predicted molar refractivity (Wildman–Crippen MR) is 86.3 cm³/mol. The van der Waals surface area contributed by atoms with Crippen LogP contribution in [0.5, 0.6) is 0 Å². The zero-order valence-electron chi connectivity index (χ0n) is 12.3. The molecule has 1 aromatic carbocycles. The molecule has 0 bridgehead atoms. The van der Waals surface area contributed by atoms with Gasteiger partial charge in [0.05, 0.1) is 11.2 Å². The van der Waals surface area contributed by atoms with Crippen molar-refractivity contribution in [3.05, 3.63) is 48.4 Å². The summed E-state index contributed by atoms with van der Waals surface area (Å²) in [7, 11) is 0. The zero-order valence-corrected chi connectivity index (χ0v) is 12.3. The van der Waals surface area contributed by atoms with Crippen LogP contribution in [0, 0.1) is 0 Å². The maximum Gasteiger partial charge on any atom is 0.131 e. The van der Waals surface area contributed by atoms with E-state index in [4.69, 9.17) is 0 Å². The van der Waals surface area contributed by atoms with E-state index in [-0.39, 0.29) is 0 Å². The molecule has 21 heavy (non-hydrogen) atoms. The molecule has 0 unspecified atom stereocenters. The van der Waals surface area contributed by atoms with Gasteiger partial charge in [-0.15, -0.1) is 0 Å². The summed E-state index contributed by atoms with van der Waals surface area (Å²) in [5.41, 5.74) is 2.93. The minimum Gasteiger partial charge on any atom is -0.370 e. The smallest absolute Gasteiger partial charge is 0.131 e. The molecule has 0 atom stereocenters. The minimum atomic E-state index is 0.813. The molecule has 0 saturated heterocycles. The predicted octanol–water partition coefficient (Wildman–Crippen LogP) is 3.69. The fourth-order valence-corrected chi connectivity index (χ4v) is 2.29. The lowest BCUT2D eigenvalue weighted by Gasteiger charge is -2.08. The first-order chi connectivity index (χ1) is 10.3. The van der Waals surface area contributed by atoms with Gasteiger partial charge in [0.1, 0.15) is 11.6 Å². The fourth-order valence-electron chi connectivity index (χ4n) is 2.29. The number of aromatic nitrogens is 3. The van der Waals surface area contributed by atoms with Crippen molar-refractivity contribution in [2.24, 2.45) is 0 Å². The second-order valence-corrected chi connectivity index (χ2v) is 4.86. The number of hydrogen-bond donors (Lipinski definition) is 1. The standard InChI is InChI=1S/C17H18N4/c1-3-16-20-15(10-17(21-16)18-4-2)13-9-12-7-5-6-8-14(12)19-11-13/h5-11H,3-4H2,1-2H3,(H,18,20,21). The van der Waals surface area contributed by atoms with Gasteiger partial charge in [-0.05, 0) is 19.1 Å². The summed E-state index contributed by atoms with van der Waals surface area (Å²) in [6.07, 6.45) is 2.69. The quantitative estimate of drug-likeness (QED) is 0.791. The van der Waals surface area contributed by atoms with Crippen LogP contribution in [0.3, 0.4) is 0 Å². The van der Waals surface area contributed by atoms with Crippen LogP contribution >= 0.6 is 0 Å². The average Bonchev–Trinajstić information content (AvgIpc) is 2.54. The third kappa shape index (κ3) is 2.84. The normalized spacial score (nSPS) is 10.8. The van der Waals surface area contributed by atoms with Crippen molar-refractivity contribution in [3.63, 3.8) is 0 Å². The Labute approximate surface area is 124 Å². The Morgan fingerprint density at radius 3 is 2.71 bits per heavy atom. The average molecular weight is 278 g/mol. The number of para-hydroxylation sites is 1. The van der Waals surface area contributed by atoms with Gasteiger partial charge >= 0.3 is 0 Å². The molecule has 0 fully saturated rings. The number of aryl methyl sites for hydroxylation is 1. The van der Waals surface area contributed by atoms with Gasteiger partial charge in [-0.1, -0.05) is 25.1 Å². The highest BCUT2D eigenvalue weighted by molar-refractivity contribution is 5.83. The highest BCUT2D eigenvalue weighted by Gasteiger charge is 2.07. The summed E-state index contributed by atoms with van der Waals surface area (Å²) in [5.74, 6) is 1.71. The number of rotatable bonds is 4. The second kappa shape index (κ2) is 5.87. The first-order valence-electron chi connectivity index (χ1n) is 7.27. The van der Waals surface area contributed by atoms with Crippen molar-refractivity contribution < 1.29 is 0 Å². The Hall–Kier alpha value is -2.49. The number of nitrogens with one attached hydrogen (secondary N) is 1. The molecule has 0 spiro atoms. The number of benzene rings is 1. The molecular weight excluding hydrogens is 260 g/mol. The molecule has 3 aromatic rings. The van der Waals surface area contributed by atoms with Gasteiger partial charge in [-0.2, -0.15) is 0 Å². The molecule has 3 rings (SSSR count). The summed E-state index contributed by atoms with van der Waals surface area (Å²) in [4.78, 5) is 13.6. The van der Waals surface area contributed by atoms with E-state index < -0.39 is 0 Å². The number of nitrogens with zero attached hydrogens (tertiary/aromatic N) is 3. The lowest BCUT2D eigenvalue weighted by Crippen LogP contribution is -2.04. The topological polar surface area (TPSA) is 50.7 Å². The molecule has 2 heterocycles. The molecule has 0 radical (unpaired) electrons. The van der Waals surface area contributed by atoms with Crippen molar-refractivity contribution in [1.29, 1.82) is 0 Å². The van der Waals surface area contributed by atoms with Crippen LogP contribution in [0.25, 0.3) is 22.2 Å². The van der Waals surface area contributed by atoms with E-state index in [0.717, 1.165) is 46.8 Å². The zero-order chi connectivity index (χ0) is 14.7. The Morgan fingerprint density at radius 2 is 1.90 bits per heavy atom. The molecule has 2 aromatic heterocycles. The summed E-state index contributed by atoms with van der Waals surface area (Å²) in [5, 5.41) is 4.38. The van der Waals surface area contributed by atoms with Crippen molar-refractivity contribution >= 4 is 16.7 Å². The lowest BCUT2D eigenvalue weighted by atomic mass is 10.1. The van der Waals surface area contributed by atoms with Crippen LogP contribution in [0.15, 0.2) is 42.6 Å². The third-order valence-electron chi connectivity index (χ3n) is 3.33. The molecule has 4 nitrogen and oxygen atoms in total. The lowest BCUT2D eigenvalue weighted by molar-refractivity contribution is 0.939. The van der Waals surface area contributed by atoms with Crippen molar-refractivity contribution in [2.45, 2.75) is 20.3 Å². The third-order valence-corrected chi connectivity index (χ3v) is 3.33. The van der Waals surface area contributed by atoms with Crippen molar-refractivity contribution in [3.8, 4) is 11.3 Å². The van der Waals surface area contributed by atoms with E-state index in [1.54, 1.807) is 0 Å². The van der Waals surface area contributed by atoms with E-state index in [0.29, 0.717) is 0 Å². The first-order valence-corrected chi connectivity index (χ1v) is 7.27. The monoisotopic (exact) mass is 278 g/mol. The Bertz CT molecular complexity index is 768. The van der Waals surface area contributed by atoms with E-state index in [1.807, 2.05) is 30.5 Å². The highest BCUT2D eigenvalue weighted by atomic mass is 15.0. The molecule has 1 N–H and O–H groups in total. The van der Waals surface area contributed by atoms with Crippen LogP contribution in [0.4, 0.5) is 5.82 Å². The van der Waals surface area contributed by atoms with Gasteiger partial charge in [-0.3, -0.25) is 4.98 Å². The summed E-state index contributed by atoms with van der Waals surface area (Å²) in [6.45, 7) is 4.97. The largest absolute Gasteiger partial charge is 0.370 e. The Balaban J connectivity index is 2.10. The van der Waals surface area contributed by atoms with Gasteiger partial charge in [0.2, 0.25) is 0 Å². The number of hydrogen-bond acceptors (Lipinski definition) is 4. The molecule has 0 aliphatic carbocycles. The maximum absolute atomic E-state index is 4.62. The van der Waals surface area contributed by atoms with E-state index in [2.05, 4.69) is 46.2 Å². The molecule has 4 heteroatoms. The van der Waals surface area contributed by atoms with E-state index in [1.165, 1.54) is 0 Å². The van der Waals surface area contributed by atoms with Crippen LogP contribution < -0.4 is 5.32 Å². The van der Waals surface area contributed by atoms with Gasteiger partial charge in [0, 0.05) is 36.2 Å². The molecule has 0 amide bonds. The SMILES string of the molecule is CCNc1cc(-c2cnc3ccccc3c2)nc(CC)n1. The second-order valence-electron chi connectivity index (χ2n) is 4.86. The van der Waals surface area contributed by atoms with Gasteiger partial charge in [0.15, 0.2) is 0 Å². The molecule has 0 aliphatic heterocycles.